The van der Waals surface area contributed by atoms with Crippen molar-refractivity contribution in [3.8, 4) is 11.3 Å². The van der Waals surface area contributed by atoms with Crippen molar-refractivity contribution in [1.82, 2.24) is 19.2 Å². The monoisotopic (exact) mass is 432 g/mol. The fourth-order valence-corrected chi connectivity index (χ4v) is 5.82. The van der Waals surface area contributed by atoms with Crippen molar-refractivity contribution in [3.05, 3.63) is 53.7 Å². The van der Waals surface area contributed by atoms with Gasteiger partial charge in [-0.3, -0.25) is 4.68 Å². The average molecular weight is 433 g/mol. The number of hydrogen-bond donors (Lipinski definition) is 0. The third-order valence-corrected chi connectivity index (χ3v) is 7.66. The lowest BCUT2D eigenvalue weighted by Crippen LogP contribution is -2.35. The zero-order valence-electron chi connectivity index (χ0n) is 17.1. The number of rotatable bonds is 5. The Balaban J connectivity index is 1.70. The molecule has 0 bridgehead atoms. The molecule has 0 radical (unpaired) electrons. The second-order valence-electron chi connectivity index (χ2n) is 7.51. The van der Waals surface area contributed by atoms with Crippen LogP contribution < -0.4 is 0 Å². The zero-order chi connectivity index (χ0) is 21.3. The second kappa shape index (κ2) is 8.31. The molecule has 3 heterocycles. The van der Waals surface area contributed by atoms with Crippen molar-refractivity contribution in [2.75, 3.05) is 6.54 Å². The highest BCUT2D eigenvalue weighted by Crippen LogP contribution is 2.36. The standard InChI is InChI=1S/C21H25FN4O3S/c1-3-25-15(2)21(14-23-25)30(27,28)26-12-6-4-5-7-19(26)18-13-20(29-24-18)16-8-10-17(22)11-9-16/h8-11,13-14,19H,3-7,12H2,1-2H3/t19-/m0/s1. The second-order valence-corrected chi connectivity index (χ2v) is 9.37. The van der Waals surface area contributed by atoms with Crippen LogP contribution in [0.15, 0.2) is 45.9 Å². The summed E-state index contributed by atoms with van der Waals surface area (Å²) in [6.45, 7) is 4.73. The molecule has 1 saturated heterocycles. The summed E-state index contributed by atoms with van der Waals surface area (Å²) < 4.78 is 49.0. The van der Waals surface area contributed by atoms with Crippen LogP contribution in [0.2, 0.25) is 0 Å². The lowest BCUT2D eigenvalue weighted by atomic mass is 10.1. The molecule has 160 valence electrons. The van der Waals surface area contributed by atoms with Gasteiger partial charge in [0.1, 0.15) is 16.4 Å². The molecule has 4 rings (SSSR count). The van der Waals surface area contributed by atoms with Crippen molar-refractivity contribution >= 4 is 10.0 Å². The lowest BCUT2D eigenvalue weighted by molar-refractivity contribution is 0.308. The van der Waals surface area contributed by atoms with Gasteiger partial charge in [-0.25, -0.2) is 12.8 Å². The normalized spacial score (nSPS) is 18.4. The summed E-state index contributed by atoms with van der Waals surface area (Å²) in [5.74, 6) is 0.157. The van der Waals surface area contributed by atoms with Crippen LogP contribution in [0.25, 0.3) is 11.3 Å². The van der Waals surface area contributed by atoms with Gasteiger partial charge >= 0.3 is 0 Å². The molecular formula is C21H25FN4O3S. The number of hydrogen-bond acceptors (Lipinski definition) is 5. The predicted octanol–water partition coefficient (Wildman–Crippen LogP) is 4.31. The molecular weight excluding hydrogens is 407 g/mol. The maximum Gasteiger partial charge on any atom is 0.247 e. The smallest absolute Gasteiger partial charge is 0.247 e. The quantitative estimate of drug-likeness (QED) is 0.600. The van der Waals surface area contributed by atoms with E-state index in [1.54, 1.807) is 29.8 Å². The first-order chi connectivity index (χ1) is 14.4. The van der Waals surface area contributed by atoms with Gasteiger partial charge in [0.2, 0.25) is 10.0 Å². The molecule has 30 heavy (non-hydrogen) atoms. The highest BCUT2D eigenvalue weighted by Gasteiger charge is 2.37. The van der Waals surface area contributed by atoms with Gasteiger partial charge in [-0.15, -0.1) is 0 Å². The molecule has 1 aliphatic rings. The first-order valence-electron chi connectivity index (χ1n) is 10.2. The molecule has 3 aromatic rings. The van der Waals surface area contributed by atoms with Crippen molar-refractivity contribution in [2.45, 2.75) is 57.0 Å². The van der Waals surface area contributed by atoms with E-state index in [0.717, 1.165) is 19.3 Å². The molecule has 0 N–H and O–H groups in total. The molecule has 0 amide bonds. The Kier molecular flexibility index (Phi) is 5.75. The van der Waals surface area contributed by atoms with E-state index in [9.17, 15) is 12.8 Å². The summed E-state index contributed by atoms with van der Waals surface area (Å²) in [4.78, 5) is 0.235. The average Bonchev–Trinajstić information content (AvgIpc) is 3.28. The summed E-state index contributed by atoms with van der Waals surface area (Å²) in [7, 11) is -3.74. The molecule has 0 saturated carbocycles. The summed E-state index contributed by atoms with van der Waals surface area (Å²) in [6, 6.07) is 7.28. The van der Waals surface area contributed by atoms with Gasteiger partial charge in [0.05, 0.1) is 17.9 Å². The van der Waals surface area contributed by atoms with Crippen LogP contribution in [0.3, 0.4) is 0 Å². The number of aryl methyl sites for hydroxylation is 1. The van der Waals surface area contributed by atoms with Gasteiger partial charge in [-0.05, 0) is 51.0 Å². The van der Waals surface area contributed by atoms with Crippen molar-refractivity contribution < 1.29 is 17.3 Å². The molecule has 1 fully saturated rings. The lowest BCUT2D eigenvalue weighted by Gasteiger charge is -2.27. The highest BCUT2D eigenvalue weighted by atomic mass is 32.2. The van der Waals surface area contributed by atoms with Crippen molar-refractivity contribution in [3.63, 3.8) is 0 Å². The Bertz CT molecular complexity index is 1120. The van der Waals surface area contributed by atoms with E-state index in [0.29, 0.717) is 42.2 Å². The maximum absolute atomic E-state index is 13.6. The van der Waals surface area contributed by atoms with E-state index in [-0.39, 0.29) is 10.7 Å². The molecule has 0 unspecified atom stereocenters. The van der Waals surface area contributed by atoms with Gasteiger partial charge in [0.25, 0.3) is 0 Å². The van der Waals surface area contributed by atoms with Crippen LogP contribution in [0, 0.1) is 12.7 Å². The molecule has 0 spiro atoms. The third kappa shape index (κ3) is 3.79. The molecule has 1 aromatic carbocycles. The van der Waals surface area contributed by atoms with E-state index >= 15 is 0 Å². The molecule has 7 nitrogen and oxygen atoms in total. The molecule has 2 aromatic heterocycles. The van der Waals surface area contributed by atoms with Crippen LogP contribution in [0.4, 0.5) is 4.39 Å². The number of aromatic nitrogens is 3. The number of sulfonamides is 1. The summed E-state index contributed by atoms with van der Waals surface area (Å²) in [5.41, 5.74) is 1.89. The molecule has 9 heteroatoms. The Hall–Kier alpha value is -2.52. The predicted molar refractivity (Wildman–Crippen MR) is 110 cm³/mol. The molecule has 1 atom stereocenters. The van der Waals surface area contributed by atoms with Crippen LogP contribution in [-0.4, -0.2) is 34.2 Å². The van der Waals surface area contributed by atoms with Crippen LogP contribution in [-0.2, 0) is 16.6 Å². The first kappa shape index (κ1) is 20.7. The maximum atomic E-state index is 13.6. The third-order valence-electron chi connectivity index (χ3n) is 5.65. The first-order valence-corrected chi connectivity index (χ1v) is 11.6. The van der Waals surface area contributed by atoms with Crippen LogP contribution in [0.5, 0.6) is 0 Å². The fraction of sp³-hybridized carbons (Fsp3) is 0.429. The Morgan fingerprint density at radius 1 is 1.20 bits per heavy atom. The highest BCUT2D eigenvalue weighted by molar-refractivity contribution is 7.89. The largest absolute Gasteiger partial charge is 0.356 e. The fourth-order valence-electron chi connectivity index (χ4n) is 3.99. The summed E-state index contributed by atoms with van der Waals surface area (Å²) in [6.07, 6.45) is 4.75. The minimum absolute atomic E-state index is 0.235. The number of nitrogens with zero attached hydrogens (tertiary/aromatic N) is 4. The van der Waals surface area contributed by atoms with Crippen molar-refractivity contribution in [2.24, 2.45) is 0 Å². The summed E-state index contributed by atoms with van der Waals surface area (Å²) >= 11 is 0. The zero-order valence-corrected chi connectivity index (χ0v) is 17.9. The van der Waals surface area contributed by atoms with E-state index in [2.05, 4.69) is 10.3 Å². The number of halogens is 1. The van der Waals surface area contributed by atoms with Gasteiger partial charge in [-0.1, -0.05) is 18.0 Å². The Morgan fingerprint density at radius 2 is 1.97 bits per heavy atom. The van der Waals surface area contributed by atoms with Gasteiger partial charge in [-0.2, -0.15) is 9.40 Å². The minimum Gasteiger partial charge on any atom is -0.356 e. The molecule has 0 aliphatic carbocycles. The SMILES string of the molecule is CCn1ncc(S(=O)(=O)N2CCCCC[C@H]2c2cc(-c3ccc(F)cc3)on2)c1C. The van der Waals surface area contributed by atoms with E-state index in [1.165, 1.54) is 22.6 Å². The van der Waals surface area contributed by atoms with Gasteiger partial charge < -0.3 is 4.52 Å². The minimum atomic E-state index is -3.74. The van der Waals surface area contributed by atoms with Crippen LogP contribution in [0.1, 0.15) is 50.0 Å². The summed E-state index contributed by atoms with van der Waals surface area (Å²) in [5, 5.41) is 8.40. The molecule has 1 aliphatic heterocycles. The van der Waals surface area contributed by atoms with Gasteiger partial charge in [0, 0.05) is 24.7 Å². The van der Waals surface area contributed by atoms with E-state index in [4.69, 9.17) is 4.52 Å². The van der Waals surface area contributed by atoms with Gasteiger partial charge in [0.15, 0.2) is 5.76 Å². The van der Waals surface area contributed by atoms with Crippen LogP contribution >= 0.6 is 0 Å². The topological polar surface area (TPSA) is 81.2 Å². The number of benzene rings is 1. The van der Waals surface area contributed by atoms with Crippen molar-refractivity contribution in [1.29, 1.82) is 0 Å². The Morgan fingerprint density at radius 3 is 2.67 bits per heavy atom. The van der Waals surface area contributed by atoms with E-state index < -0.39 is 16.1 Å². The Labute approximate surface area is 175 Å². The van der Waals surface area contributed by atoms with E-state index in [1.807, 2.05) is 6.92 Å².